The Morgan fingerprint density at radius 3 is 3.06 bits per heavy atom. The number of thiazole rings is 1. The normalized spacial score (nSPS) is 10.6. The zero-order valence-electron chi connectivity index (χ0n) is 9.33. The predicted molar refractivity (Wildman–Crippen MR) is 62.2 cm³/mol. The second kappa shape index (κ2) is 5.05. The molecule has 1 N–H and O–H groups in total. The Morgan fingerprint density at radius 2 is 2.41 bits per heavy atom. The Balaban J connectivity index is 2.05. The second-order valence-corrected chi connectivity index (χ2v) is 4.53. The van der Waals surface area contributed by atoms with Gasteiger partial charge in [0.15, 0.2) is 5.69 Å². The van der Waals surface area contributed by atoms with Crippen molar-refractivity contribution < 1.29 is 9.90 Å². The van der Waals surface area contributed by atoms with Crippen molar-refractivity contribution in [2.45, 2.75) is 26.3 Å². The van der Waals surface area contributed by atoms with Crippen molar-refractivity contribution in [3.8, 4) is 0 Å². The Bertz CT molecular complexity index is 520. The smallest absolute Gasteiger partial charge is 0.358 e. The van der Waals surface area contributed by atoms with E-state index in [1.54, 1.807) is 11.3 Å². The molecule has 2 rings (SSSR count). The van der Waals surface area contributed by atoms with Gasteiger partial charge in [-0.05, 0) is 12.8 Å². The van der Waals surface area contributed by atoms with Crippen LogP contribution in [0.15, 0.2) is 11.6 Å². The summed E-state index contributed by atoms with van der Waals surface area (Å²) >= 11 is 1.62. The van der Waals surface area contributed by atoms with Crippen molar-refractivity contribution in [2.75, 3.05) is 0 Å². The van der Waals surface area contributed by atoms with E-state index in [1.165, 1.54) is 10.9 Å². The highest BCUT2D eigenvalue weighted by atomic mass is 32.1. The molecule has 2 aromatic heterocycles. The lowest BCUT2D eigenvalue weighted by molar-refractivity contribution is 0.0690. The average Bonchev–Trinajstić information content (AvgIpc) is 2.89. The van der Waals surface area contributed by atoms with Crippen LogP contribution in [0.2, 0.25) is 0 Å². The Hall–Kier alpha value is -1.76. The van der Waals surface area contributed by atoms with E-state index in [0.29, 0.717) is 6.54 Å². The molecule has 0 saturated heterocycles. The third-order valence-corrected chi connectivity index (χ3v) is 3.10. The molecule has 0 fully saturated rings. The van der Waals surface area contributed by atoms with Crippen molar-refractivity contribution in [3.05, 3.63) is 28.0 Å². The van der Waals surface area contributed by atoms with Crippen molar-refractivity contribution in [3.63, 3.8) is 0 Å². The summed E-state index contributed by atoms with van der Waals surface area (Å²) in [7, 11) is 0. The van der Waals surface area contributed by atoms with Gasteiger partial charge in [-0.2, -0.15) is 0 Å². The second-order valence-electron chi connectivity index (χ2n) is 3.59. The number of rotatable bonds is 5. The summed E-state index contributed by atoms with van der Waals surface area (Å²) in [6.07, 6.45) is 3.45. The van der Waals surface area contributed by atoms with Crippen LogP contribution in [0.25, 0.3) is 0 Å². The fraction of sp³-hybridized carbons (Fsp3) is 0.400. The first-order valence-electron chi connectivity index (χ1n) is 5.25. The van der Waals surface area contributed by atoms with E-state index in [4.69, 9.17) is 5.11 Å². The van der Waals surface area contributed by atoms with Gasteiger partial charge in [0.2, 0.25) is 0 Å². The summed E-state index contributed by atoms with van der Waals surface area (Å²) in [5.74, 6) is -1.07. The van der Waals surface area contributed by atoms with Crippen molar-refractivity contribution >= 4 is 17.3 Å². The maximum Gasteiger partial charge on any atom is 0.358 e. The third-order valence-electron chi connectivity index (χ3n) is 2.14. The van der Waals surface area contributed by atoms with E-state index in [1.807, 2.05) is 5.38 Å². The number of hydrogen-bond donors (Lipinski definition) is 1. The summed E-state index contributed by atoms with van der Waals surface area (Å²) in [6, 6.07) is 0. The van der Waals surface area contributed by atoms with E-state index >= 15 is 0 Å². The molecule has 2 aromatic rings. The first kappa shape index (κ1) is 11.7. The predicted octanol–water partition coefficient (Wildman–Crippen LogP) is 1.43. The topological polar surface area (TPSA) is 80.9 Å². The monoisotopic (exact) mass is 252 g/mol. The Kier molecular flexibility index (Phi) is 3.48. The maximum absolute atomic E-state index is 10.6. The minimum Gasteiger partial charge on any atom is -0.476 e. The minimum absolute atomic E-state index is 0.0472. The van der Waals surface area contributed by atoms with Crippen LogP contribution in [0, 0.1) is 0 Å². The zero-order valence-corrected chi connectivity index (χ0v) is 10.1. The van der Waals surface area contributed by atoms with Crippen LogP contribution >= 0.6 is 11.3 Å². The summed E-state index contributed by atoms with van der Waals surface area (Å²) in [5, 5.41) is 19.1. The van der Waals surface area contributed by atoms with Crippen molar-refractivity contribution in [1.29, 1.82) is 0 Å². The molecule has 90 valence electrons. The molecule has 0 aliphatic rings. The van der Waals surface area contributed by atoms with E-state index in [-0.39, 0.29) is 5.69 Å². The Morgan fingerprint density at radius 1 is 1.59 bits per heavy atom. The fourth-order valence-electron chi connectivity index (χ4n) is 1.39. The molecule has 17 heavy (non-hydrogen) atoms. The van der Waals surface area contributed by atoms with Gasteiger partial charge in [-0.3, -0.25) is 0 Å². The van der Waals surface area contributed by atoms with E-state index in [9.17, 15) is 4.79 Å². The highest BCUT2D eigenvalue weighted by molar-refractivity contribution is 7.09. The Labute approximate surface area is 102 Å². The van der Waals surface area contributed by atoms with Gasteiger partial charge in [-0.15, -0.1) is 16.4 Å². The number of hydrogen-bond acceptors (Lipinski definition) is 5. The summed E-state index contributed by atoms with van der Waals surface area (Å²) in [4.78, 5) is 15.1. The van der Waals surface area contributed by atoms with Crippen LogP contribution in [0.4, 0.5) is 0 Å². The van der Waals surface area contributed by atoms with Gasteiger partial charge < -0.3 is 5.11 Å². The summed E-state index contributed by atoms with van der Waals surface area (Å²) < 4.78 is 1.48. The van der Waals surface area contributed by atoms with Gasteiger partial charge in [0, 0.05) is 5.38 Å². The van der Waals surface area contributed by atoms with Crippen molar-refractivity contribution in [1.82, 2.24) is 20.0 Å². The number of aromatic carboxylic acids is 1. The summed E-state index contributed by atoms with van der Waals surface area (Å²) in [6.45, 7) is 2.57. The van der Waals surface area contributed by atoms with Crippen LogP contribution in [0.3, 0.4) is 0 Å². The molecule has 0 aliphatic carbocycles. The molecule has 0 saturated carbocycles. The van der Waals surface area contributed by atoms with Crippen LogP contribution in [0.5, 0.6) is 0 Å². The highest BCUT2D eigenvalue weighted by Gasteiger charge is 2.09. The molecule has 7 heteroatoms. The fourth-order valence-corrected chi connectivity index (χ4v) is 2.28. The number of nitrogens with zero attached hydrogens (tertiary/aromatic N) is 4. The number of aromatic nitrogens is 4. The molecule has 0 aliphatic heterocycles. The molecule has 0 bridgehead atoms. The van der Waals surface area contributed by atoms with Crippen LogP contribution in [-0.4, -0.2) is 31.1 Å². The van der Waals surface area contributed by atoms with Gasteiger partial charge in [0.25, 0.3) is 0 Å². The molecular formula is C10H12N4O2S. The van der Waals surface area contributed by atoms with Gasteiger partial charge >= 0.3 is 5.97 Å². The lowest BCUT2D eigenvalue weighted by atomic mass is 10.3. The molecular weight excluding hydrogens is 240 g/mol. The molecule has 0 unspecified atom stereocenters. The SMILES string of the molecule is CCCc1nc(Cn2cc(C(=O)O)nn2)cs1. The molecule has 0 atom stereocenters. The first-order valence-corrected chi connectivity index (χ1v) is 6.13. The molecule has 2 heterocycles. The van der Waals surface area contributed by atoms with Gasteiger partial charge in [-0.1, -0.05) is 12.1 Å². The van der Waals surface area contributed by atoms with Gasteiger partial charge in [0.05, 0.1) is 23.4 Å². The lowest BCUT2D eigenvalue weighted by Crippen LogP contribution is -2.01. The van der Waals surface area contributed by atoms with Crippen LogP contribution in [-0.2, 0) is 13.0 Å². The third kappa shape index (κ3) is 2.88. The zero-order chi connectivity index (χ0) is 12.3. The summed E-state index contributed by atoms with van der Waals surface area (Å²) in [5.41, 5.74) is 0.842. The minimum atomic E-state index is -1.07. The molecule has 0 aromatic carbocycles. The number of carboxylic acids is 1. The number of aryl methyl sites for hydroxylation is 1. The molecule has 0 spiro atoms. The molecule has 0 radical (unpaired) electrons. The largest absolute Gasteiger partial charge is 0.476 e. The number of carbonyl (C=O) groups is 1. The van der Waals surface area contributed by atoms with E-state index in [2.05, 4.69) is 22.2 Å². The van der Waals surface area contributed by atoms with Crippen molar-refractivity contribution in [2.24, 2.45) is 0 Å². The van der Waals surface area contributed by atoms with Crippen LogP contribution in [0.1, 0.15) is 34.5 Å². The maximum atomic E-state index is 10.6. The lowest BCUT2D eigenvalue weighted by Gasteiger charge is -1.94. The van der Waals surface area contributed by atoms with E-state index < -0.39 is 5.97 Å². The quantitative estimate of drug-likeness (QED) is 0.870. The molecule has 6 nitrogen and oxygen atoms in total. The highest BCUT2D eigenvalue weighted by Crippen LogP contribution is 2.12. The van der Waals surface area contributed by atoms with Crippen LogP contribution < -0.4 is 0 Å². The average molecular weight is 252 g/mol. The van der Waals surface area contributed by atoms with Gasteiger partial charge in [-0.25, -0.2) is 14.5 Å². The van der Waals surface area contributed by atoms with E-state index in [0.717, 1.165) is 23.5 Å². The number of carboxylic acid groups (broad SMARTS) is 1. The standard InChI is InChI=1S/C10H12N4O2S/c1-2-3-9-11-7(6-17-9)4-14-5-8(10(15)16)12-13-14/h5-6H,2-4H2,1H3,(H,15,16). The van der Waals surface area contributed by atoms with Gasteiger partial charge in [0.1, 0.15) is 0 Å². The molecule has 0 amide bonds. The first-order chi connectivity index (χ1) is 8.19.